The van der Waals surface area contributed by atoms with Crippen LogP contribution in [0.25, 0.3) is 0 Å². The van der Waals surface area contributed by atoms with E-state index in [1.54, 1.807) is 0 Å². The van der Waals surface area contributed by atoms with Crippen LogP contribution < -0.4 is 5.32 Å². The molecule has 2 fully saturated rings. The van der Waals surface area contributed by atoms with E-state index in [0.29, 0.717) is 17.6 Å². The van der Waals surface area contributed by atoms with Crippen molar-refractivity contribution >= 4 is 0 Å². The smallest absolute Gasteiger partial charge is 0.0582 e. The summed E-state index contributed by atoms with van der Waals surface area (Å²) in [4.78, 5) is 0. The van der Waals surface area contributed by atoms with Gasteiger partial charge in [0, 0.05) is 12.6 Å². The van der Waals surface area contributed by atoms with E-state index >= 15 is 0 Å². The summed E-state index contributed by atoms with van der Waals surface area (Å²) in [6.07, 6.45) is 9.67. The van der Waals surface area contributed by atoms with Crippen molar-refractivity contribution in [2.75, 3.05) is 13.2 Å². The van der Waals surface area contributed by atoms with Crippen LogP contribution in [-0.4, -0.2) is 25.3 Å². The first-order chi connectivity index (χ1) is 8.55. The fourth-order valence-corrected chi connectivity index (χ4v) is 3.93. The maximum Gasteiger partial charge on any atom is 0.0582 e. The molecule has 0 radical (unpaired) electrons. The highest BCUT2D eigenvalue weighted by Crippen LogP contribution is 2.39. The molecule has 3 atom stereocenters. The number of ether oxygens (including phenoxy) is 1. The molecule has 1 saturated heterocycles. The Morgan fingerprint density at radius 3 is 2.72 bits per heavy atom. The molecule has 0 amide bonds. The van der Waals surface area contributed by atoms with Crippen molar-refractivity contribution < 1.29 is 4.74 Å². The summed E-state index contributed by atoms with van der Waals surface area (Å²) in [5.41, 5.74) is 0.478. The second-order valence-corrected chi connectivity index (χ2v) is 7.34. The highest BCUT2D eigenvalue weighted by Gasteiger charge is 2.32. The molecule has 2 rings (SSSR count). The zero-order chi connectivity index (χ0) is 13.0. The highest BCUT2D eigenvalue weighted by molar-refractivity contribution is 4.83. The lowest BCUT2D eigenvalue weighted by atomic mass is 9.71. The summed E-state index contributed by atoms with van der Waals surface area (Å²) in [6, 6.07) is 0.716. The number of piperidine rings is 1. The molecule has 1 saturated carbocycles. The van der Waals surface area contributed by atoms with Gasteiger partial charge in [-0.25, -0.2) is 0 Å². The summed E-state index contributed by atoms with van der Waals surface area (Å²) in [6.45, 7) is 9.31. The van der Waals surface area contributed by atoms with Crippen LogP contribution in [0, 0.1) is 11.3 Å². The van der Waals surface area contributed by atoms with Crippen LogP contribution >= 0.6 is 0 Å². The van der Waals surface area contributed by atoms with Gasteiger partial charge in [0.15, 0.2) is 0 Å². The molecule has 0 aromatic carbocycles. The maximum atomic E-state index is 6.15. The Morgan fingerprint density at radius 1 is 1.22 bits per heavy atom. The largest absolute Gasteiger partial charge is 0.378 e. The van der Waals surface area contributed by atoms with Crippen LogP contribution in [0.2, 0.25) is 0 Å². The molecule has 1 heterocycles. The minimum absolute atomic E-state index is 0.478. The van der Waals surface area contributed by atoms with Crippen LogP contribution in [0.3, 0.4) is 0 Å². The molecule has 1 aliphatic heterocycles. The first kappa shape index (κ1) is 14.3. The van der Waals surface area contributed by atoms with Crippen LogP contribution in [0.5, 0.6) is 0 Å². The van der Waals surface area contributed by atoms with Crippen molar-refractivity contribution in [2.45, 2.75) is 77.9 Å². The second-order valence-electron chi connectivity index (χ2n) is 7.34. The van der Waals surface area contributed by atoms with E-state index in [1.807, 2.05) is 0 Å². The Kier molecular flexibility index (Phi) is 5.08. The molecule has 2 heteroatoms. The molecule has 0 aromatic rings. The lowest BCUT2D eigenvalue weighted by molar-refractivity contribution is -0.0261. The molecule has 18 heavy (non-hydrogen) atoms. The van der Waals surface area contributed by atoms with Gasteiger partial charge in [-0.3, -0.25) is 0 Å². The van der Waals surface area contributed by atoms with E-state index in [4.69, 9.17) is 4.74 Å². The van der Waals surface area contributed by atoms with Crippen molar-refractivity contribution in [1.29, 1.82) is 0 Å². The fourth-order valence-electron chi connectivity index (χ4n) is 3.93. The minimum Gasteiger partial charge on any atom is -0.378 e. The van der Waals surface area contributed by atoms with Crippen molar-refractivity contribution in [3.63, 3.8) is 0 Å². The zero-order valence-electron chi connectivity index (χ0n) is 12.5. The maximum absolute atomic E-state index is 6.15. The van der Waals surface area contributed by atoms with E-state index in [-0.39, 0.29) is 0 Å². The third kappa shape index (κ3) is 4.55. The lowest BCUT2D eigenvalue weighted by Crippen LogP contribution is -2.36. The van der Waals surface area contributed by atoms with Crippen molar-refractivity contribution in [3.05, 3.63) is 0 Å². The number of nitrogens with one attached hydrogen (secondary N) is 1. The molecule has 0 aromatic heterocycles. The molecule has 1 N–H and O–H groups in total. The van der Waals surface area contributed by atoms with Crippen molar-refractivity contribution in [2.24, 2.45) is 11.3 Å². The standard InChI is InChI=1S/C16H31NO/c1-13-10-15(12-16(2,3)11-13)18-9-7-14-6-4-5-8-17-14/h13-15,17H,4-12H2,1-3H3. The quantitative estimate of drug-likeness (QED) is 0.824. The summed E-state index contributed by atoms with van der Waals surface area (Å²) >= 11 is 0. The predicted molar refractivity (Wildman–Crippen MR) is 76.8 cm³/mol. The van der Waals surface area contributed by atoms with Crippen molar-refractivity contribution in [3.8, 4) is 0 Å². The molecule has 1 aliphatic carbocycles. The van der Waals surface area contributed by atoms with E-state index in [2.05, 4.69) is 26.1 Å². The van der Waals surface area contributed by atoms with Crippen LogP contribution in [-0.2, 0) is 4.74 Å². The normalized spacial score (nSPS) is 36.5. The molecule has 2 nitrogen and oxygen atoms in total. The Labute approximate surface area is 113 Å². The summed E-state index contributed by atoms with van der Waals surface area (Å²) in [5, 5.41) is 3.60. The van der Waals surface area contributed by atoms with Crippen LogP contribution in [0.4, 0.5) is 0 Å². The highest BCUT2D eigenvalue weighted by atomic mass is 16.5. The van der Waals surface area contributed by atoms with E-state index < -0.39 is 0 Å². The summed E-state index contributed by atoms with van der Waals surface area (Å²) < 4.78 is 6.15. The van der Waals surface area contributed by atoms with Crippen LogP contribution in [0.15, 0.2) is 0 Å². The van der Waals surface area contributed by atoms with Crippen molar-refractivity contribution in [1.82, 2.24) is 5.32 Å². The van der Waals surface area contributed by atoms with Gasteiger partial charge in [0.05, 0.1) is 6.10 Å². The molecule has 106 valence electrons. The topological polar surface area (TPSA) is 21.3 Å². The van der Waals surface area contributed by atoms with E-state index in [9.17, 15) is 0 Å². The second kappa shape index (κ2) is 6.38. The van der Waals surface area contributed by atoms with Gasteiger partial charge in [0.25, 0.3) is 0 Å². The number of rotatable bonds is 4. The van der Waals surface area contributed by atoms with E-state index in [0.717, 1.165) is 12.5 Å². The molecule has 3 unspecified atom stereocenters. The first-order valence-electron chi connectivity index (χ1n) is 7.90. The molecular weight excluding hydrogens is 222 g/mol. The van der Waals surface area contributed by atoms with Gasteiger partial charge >= 0.3 is 0 Å². The third-order valence-electron chi connectivity index (χ3n) is 4.58. The van der Waals surface area contributed by atoms with Gasteiger partial charge < -0.3 is 10.1 Å². The van der Waals surface area contributed by atoms with Gasteiger partial charge in [-0.05, 0) is 56.4 Å². The Bertz CT molecular complexity index is 245. The number of hydrogen-bond donors (Lipinski definition) is 1. The summed E-state index contributed by atoms with van der Waals surface area (Å²) in [7, 11) is 0. The monoisotopic (exact) mass is 253 g/mol. The fraction of sp³-hybridized carbons (Fsp3) is 1.00. The lowest BCUT2D eigenvalue weighted by Gasteiger charge is -2.39. The van der Waals surface area contributed by atoms with Gasteiger partial charge in [-0.15, -0.1) is 0 Å². The van der Waals surface area contributed by atoms with Gasteiger partial charge in [-0.1, -0.05) is 27.2 Å². The van der Waals surface area contributed by atoms with Gasteiger partial charge in [-0.2, -0.15) is 0 Å². The zero-order valence-corrected chi connectivity index (χ0v) is 12.5. The minimum atomic E-state index is 0.478. The first-order valence-corrected chi connectivity index (χ1v) is 7.90. The number of hydrogen-bond acceptors (Lipinski definition) is 2. The molecule has 0 bridgehead atoms. The average molecular weight is 253 g/mol. The average Bonchev–Trinajstić information content (AvgIpc) is 2.27. The third-order valence-corrected chi connectivity index (χ3v) is 4.58. The Hall–Kier alpha value is -0.0800. The van der Waals surface area contributed by atoms with Crippen LogP contribution in [0.1, 0.15) is 65.7 Å². The van der Waals surface area contributed by atoms with Gasteiger partial charge in [0.1, 0.15) is 0 Å². The van der Waals surface area contributed by atoms with Gasteiger partial charge in [0.2, 0.25) is 0 Å². The SMILES string of the molecule is CC1CC(OCCC2CCCCN2)CC(C)(C)C1. The Morgan fingerprint density at radius 2 is 2.06 bits per heavy atom. The molecule has 0 spiro atoms. The van der Waals surface area contributed by atoms with E-state index in [1.165, 1.54) is 51.5 Å². The Balaban J connectivity index is 1.66. The summed E-state index contributed by atoms with van der Waals surface area (Å²) in [5.74, 6) is 0.826. The molecular formula is C16H31NO. The predicted octanol–water partition coefficient (Wildman–Crippen LogP) is 3.75. The molecule has 2 aliphatic rings.